The standard InChI is InChI=1S/C14H22N2O4S/c1-10-14(6-13(20-10)8-15-12-2-3-12)21(17,18)16-7-11-4-5-19-9-11/h6,11-12,15-16H,2-5,7-9H2,1H3. The largest absolute Gasteiger partial charge is 0.464 e. The molecule has 7 heteroatoms. The Morgan fingerprint density at radius 1 is 1.33 bits per heavy atom. The highest BCUT2D eigenvalue weighted by Crippen LogP contribution is 2.23. The van der Waals surface area contributed by atoms with Gasteiger partial charge in [-0.15, -0.1) is 0 Å². The average molecular weight is 314 g/mol. The molecule has 1 unspecified atom stereocenters. The Hall–Kier alpha value is -0.890. The molecule has 0 radical (unpaired) electrons. The Morgan fingerprint density at radius 3 is 2.81 bits per heavy atom. The van der Waals surface area contributed by atoms with Crippen molar-refractivity contribution >= 4 is 10.0 Å². The van der Waals surface area contributed by atoms with E-state index in [-0.39, 0.29) is 10.8 Å². The fourth-order valence-electron chi connectivity index (χ4n) is 2.46. The number of nitrogens with one attached hydrogen (secondary N) is 2. The Kier molecular flexibility index (Phi) is 4.35. The van der Waals surface area contributed by atoms with Gasteiger partial charge in [0.15, 0.2) is 0 Å². The first-order valence-electron chi connectivity index (χ1n) is 7.45. The van der Waals surface area contributed by atoms with E-state index < -0.39 is 10.0 Å². The normalized spacial score (nSPS) is 22.8. The van der Waals surface area contributed by atoms with Crippen LogP contribution < -0.4 is 10.0 Å². The van der Waals surface area contributed by atoms with Gasteiger partial charge in [0.05, 0.1) is 13.2 Å². The molecule has 2 fully saturated rings. The molecule has 21 heavy (non-hydrogen) atoms. The summed E-state index contributed by atoms with van der Waals surface area (Å²) in [5, 5.41) is 3.32. The van der Waals surface area contributed by atoms with Gasteiger partial charge >= 0.3 is 0 Å². The molecule has 1 saturated heterocycles. The van der Waals surface area contributed by atoms with E-state index in [1.54, 1.807) is 13.0 Å². The van der Waals surface area contributed by atoms with E-state index in [0.29, 0.717) is 43.9 Å². The van der Waals surface area contributed by atoms with Crippen molar-refractivity contribution in [2.45, 2.75) is 43.7 Å². The van der Waals surface area contributed by atoms with Crippen molar-refractivity contribution in [2.75, 3.05) is 19.8 Å². The van der Waals surface area contributed by atoms with Crippen LogP contribution in [0.15, 0.2) is 15.4 Å². The highest BCUT2D eigenvalue weighted by molar-refractivity contribution is 7.89. The van der Waals surface area contributed by atoms with Crippen molar-refractivity contribution in [3.05, 3.63) is 17.6 Å². The molecule has 0 spiro atoms. The van der Waals surface area contributed by atoms with Gasteiger partial charge in [0.1, 0.15) is 16.4 Å². The fraction of sp³-hybridized carbons (Fsp3) is 0.714. The first kappa shape index (κ1) is 15.0. The van der Waals surface area contributed by atoms with Crippen LogP contribution in [0.4, 0.5) is 0 Å². The summed E-state index contributed by atoms with van der Waals surface area (Å²) in [6.45, 7) is 4.03. The molecule has 1 aromatic rings. The first-order chi connectivity index (χ1) is 10.0. The highest BCUT2D eigenvalue weighted by atomic mass is 32.2. The third-order valence-electron chi connectivity index (χ3n) is 3.94. The van der Waals surface area contributed by atoms with Gasteiger partial charge in [0.25, 0.3) is 0 Å². The Labute approximate surface area is 125 Å². The van der Waals surface area contributed by atoms with Crippen LogP contribution in [-0.2, 0) is 21.3 Å². The summed E-state index contributed by atoms with van der Waals surface area (Å²) in [7, 11) is -3.51. The zero-order chi connectivity index (χ0) is 14.9. The number of ether oxygens (including phenoxy) is 1. The maximum Gasteiger partial charge on any atom is 0.244 e. The SMILES string of the molecule is Cc1oc(CNC2CC2)cc1S(=O)(=O)NCC1CCOC1. The summed E-state index contributed by atoms with van der Waals surface area (Å²) in [6.07, 6.45) is 3.29. The smallest absolute Gasteiger partial charge is 0.244 e. The molecule has 2 aliphatic rings. The van der Waals surface area contributed by atoms with Crippen LogP contribution in [0.5, 0.6) is 0 Å². The van der Waals surface area contributed by atoms with Gasteiger partial charge in [-0.2, -0.15) is 0 Å². The third kappa shape index (κ3) is 3.85. The summed E-state index contributed by atoms with van der Waals surface area (Å²) in [5.41, 5.74) is 0. The molecular formula is C14H22N2O4S. The topological polar surface area (TPSA) is 80.6 Å². The lowest BCUT2D eigenvalue weighted by Gasteiger charge is -2.09. The summed E-state index contributed by atoms with van der Waals surface area (Å²) in [4.78, 5) is 0.244. The zero-order valence-electron chi connectivity index (χ0n) is 12.2. The summed E-state index contributed by atoms with van der Waals surface area (Å²) in [6, 6.07) is 2.19. The van der Waals surface area contributed by atoms with E-state index >= 15 is 0 Å². The fourth-order valence-corrected chi connectivity index (χ4v) is 3.78. The van der Waals surface area contributed by atoms with Crippen molar-refractivity contribution in [1.29, 1.82) is 0 Å². The summed E-state index contributed by atoms with van der Waals surface area (Å²) in [5.74, 6) is 1.38. The molecule has 1 saturated carbocycles. The van der Waals surface area contributed by atoms with Gasteiger partial charge in [-0.05, 0) is 32.1 Å². The van der Waals surface area contributed by atoms with Crippen molar-refractivity contribution < 1.29 is 17.6 Å². The Bertz CT molecular complexity index is 586. The quantitative estimate of drug-likeness (QED) is 0.789. The molecule has 1 aliphatic carbocycles. The molecule has 0 aromatic carbocycles. The molecule has 3 rings (SSSR count). The van der Waals surface area contributed by atoms with Crippen molar-refractivity contribution in [3.8, 4) is 0 Å². The number of sulfonamides is 1. The number of aryl methyl sites for hydroxylation is 1. The molecule has 1 aromatic heterocycles. The molecule has 2 heterocycles. The first-order valence-corrected chi connectivity index (χ1v) is 8.93. The molecule has 0 amide bonds. The molecule has 1 aliphatic heterocycles. The number of rotatable bonds is 7. The predicted molar refractivity (Wildman–Crippen MR) is 77.4 cm³/mol. The number of hydrogen-bond acceptors (Lipinski definition) is 5. The Morgan fingerprint density at radius 2 is 2.14 bits per heavy atom. The van der Waals surface area contributed by atoms with Crippen LogP contribution in [0.1, 0.15) is 30.8 Å². The zero-order valence-corrected chi connectivity index (χ0v) is 13.0. The second kappa shape index (κ2) is 6.08. The van der Waals surface area contributed by atoms with Gasteiger partial charge in [0.2, 0.25) is 10.0 Å². The van der Waals surface area contributed by atoms with Crippen LogP contribution in [0.2, 0.25) is 0 Å². The summed E-state index contributed by atoms with van der Waals surface area (Å²) >= 11 is 0. The van der Waals surface area contributed by atoms with Crippen LogP contribution in [0.25, 0.3) is 0 Å². The maximum absolute atomic E-state index is 12.3. The van der Waals surface area contributed by atoms with Gasteiger partial charge in [-0.25, -0.2) is 13.1 Å². The maximum atomic E-state index is 12.3. The average Bonchev–Trinajstić information content (AvgIpc) is 2.97. The van der Waals surface area contributed by atoms with Gasteiger partial charge in [-0.3, -0.25) is 0 Å². The molecule has 6 nitrogen and oxygen atoms in total. The van der Waals surface area contributed by atoms with E-state index in [0.717, 1.165) is 6.42 Å². The minimum Gasteiger partial charge on any atom is -0.464 e. The van der Waals surface area contributed by atoms with E-state index in [9.17, 15) is 8.42 Å². The van der Waals surface area contributed by atoms with Crippen molar-refractivity contribution in [1.82, 2.24) is 10.0 Å². The van der Waals surface area contributed by atoms with E-state index in [2.05, 4.69) is 10.0 Å². The molecule has 118 valence electrons. The van der Waals surface area contributed by atoms with Crippen molar-refractivity contribution in [2.24, 2.45) is 5.92 Å². The lowest BCUT2D eigenvalue weighted by Crippen LogP contribution is -2.29. The minimum absolute atomic E-state index is 0.244. The van der Waals surface area contributed by atoms with Crippen molar-refractivity contribution in [3.63, 3.8) is 0 Å². The summed E-state index contributed by atoms with van der Waals surface area (Å²) < 4.78 is 38.1. The van der Waals surface area contributed by atoms with Crippen LogP contribution in [-0.4, -0.2) is 34.2 Å². The van der Waals surface area contributed by atoms with Crippen LogP contribution in [0.3, 0.4) is 0 Å². The predicted octanol–water partition coefficient (Wildman–Crippen LogP) is 1.15. The third-order valence-corrected chi connectivity index (χ3v) is 5.47. The Balaban J connectivity index is 1.62. The molecule has 2 N–H and O–H groups in total. The molecule has 1 atom stereocenters. The number of hydrogen-bond donors (Lipinski definition) is 2. The second-order valence-electron chi connectivity index (χ2n) is 5.87. The van der Waals surface area contributed by atoms with Crippen LogP contribution >= 0.6 is 0 Å². The van der Waals surface area contributed by atoms with Gasteiger partial charge in [0, 0.05) is 25.3 Å². The van der Waals surface area contributed by atoms with Gasteiger partial charge in [-0.1, -0.05) is 0 Å². The van der Waals surface area contributed by atoms with E-state index in [1.165, 1.54) is 12.8 Å². The lowest BCUT2D eigenvalue weighted by molar-refractivity contribution is 0.186. The van der Waals surface area contributed by atoms with E-state index in [4.69, 9.17) is 9.15 Å². The molecular weight excluding hydrogens is 292 g/mol. The number of furan rings is 1. The lowest BCUT2D eigenvalue weighted by atomic mass is 10.1. The second-order valence-corrected chi connectivity index (χ2v) is 7.61. The monoisotopic (exact) mass is 314 g/mol. The van der Waals surface area contributed by atoms with Gasteiger partial charge < -0.3 is 14.5 Å². The highest BCUT2D eigenvalue weighted by Gasteiger charge is 2.25. The minimum atomic E-state index is -3.51. The van der Waals surface area contributed by atoms with Crippen LogP contribution in [0, 0.1) is 12.8 Å². The van der Waals surface area contributed by atoms with E-state index in [1.807, 2.05) is 0 Å². The molecule has 0 bridgehead atoms.